The molecular formula is C19H21FNO7P. The maximum atomic E-state index is 13.6. The van der Waals surface area contributed by atoms with Gasteiger partial charge in [0.1, 0.15) is 18.4 Å². The third-order valence-electron chi connectivity index (χ3n) is 5.03. The number of carbonyl (C=O) groups is 2. The van der Waals surface area contributed by atoms with Gasteiger partial charge in [-0.1, -0.05) is 29.8 Å². The fraction of sp³-hybridized carbons (Fsp3) is 0.474. The third kappa shape index (κ3) is 4.49. The molecule has 0 aromatic heterocycles. The van der Waals surface area contributed by atoms with E-state index in [-0.39, 0.29) is 19.6 Å². The molecule has 3 heterocycles. The molecule has 2 saturated heterocycles. The summed E-state index contributed by atoms with van der Waals surface area (Å²) in [7, 11) is -3.76. The number of benzene rings is 1. The number of fused-ring (bicyclic) bond motifs is 1. The number of ether oxygens (including phenoxy) is 1. The lowest BCUT2D eigenvalue weighted by Crippen LogP contribution is -2.40. The second kappa shape index (κ2) is 8.08. The van der Waals surface area contributed by atoms with Gasteiger partial charge in [-0.2, -0.15) is 0 Å². The van der Waals surface area contributed by atoms with Gasteiger partial charge < -0.3 is 4.74 Å². The van der Waals surface area contributed by atoms with Crippen LogP contribution in [0.2, 0.25) is 0 Å². The summed E-state index contributed by atoms with van der Waals surface area (Å²) in [6.07, 6.45) is -0.998. The number of carbonyl (C=O) groups excluding carboxylic acids is 2. The molecule has 4 rings (SSSR count). The van der Waals surface area contributed by atoms with Crippen molar-refractivity contribution in [1.82, 2.24) is 4.90 Å². The van der Waals surface area contributed by atoms with Crippen LogP contribution in [-0.4, -0.2) is 48.2 Å². The Morgan fingerprint density at radius 2 is 2.00 bits per heavy atom. The van der Waals surface area contributed by atoms with E-state index in [0.29, 0.717) is 6.42 Å². The van der Waals surface area contributed by atoms with Gasteiger partial charge in [0.15, 0.2) is 5.83 Å². The Labute approximate surface area is 167 Å². The summed E-state index contributed by atoms with van der Waals surface area (Å²) in [6.45, 7) is 2.12. The molecule has 1 amide bonds. The molecule has 4 atom stereocenters. The molecule has 0 spiro atoms. The lowest BCUT2D eigenvalue weighted by molar-refractivity contribution is -0.146. The average molecular weight is 425 g/mol. The highest BCUT2D eigenvalue weighted by Crippen LogP contribution is 2.56. The van der Waals surface area contributed by atoms with Gasteiger partial charge in [0.05, 0.1) is 19.6 Å². The van der Waals surface area contributed by atoms with Crippen molar-refractivity contribution in [1.29, 1.82) is 0 Å². The molecule has 29 heavy (non-hydrogen) atoms. The van der Waals surface area contributed by atoms with Gasteiger partial charge in [-0.15, -0.1) is 0 Å². The van der Waals surface area contributed by atoms with Crippen molar-refractivity contribution < 1.29 is 36.9 Å². The first-order valence-electron chi connectivity index (χ1n) is 9.33. The average Bonchev–Trinajstić information content (AvgIpc) is 3.08. The molecule has 0 N–H and O–H groups in total. The normalized spacial score (nSPS) is 32.3. The molecule has 3 aliphatic rings. The van der Waals surface area contributed by atoms with Crippen molar-refractivity contribution in [3.63, 3.8) is 0 Å². The van der Waals surface area contributed by atoms with Gasteiger partial charge in [-0.05, 0) is 18.9 Å². The number of phosphoric acid groups is 1. The predicted molar refractivity (Wildman–Crippen MR) is 98.2 cm³/mol. The first kappa shape index (κ1) is 20.4. The summed E-state index contributed by atoms with van der Waals surface area (Å²) < 4.78 is 48.2. The molecule has 0 aliphatic carbocycles. The SMILES string of the molecule is Cc1ccc(CCOP2(=O)OC[C@H]3O[C@@H](N4C=C(F)C(=O)CC4=O)C[C@@H]3O2)cc1. The highest BCUT2D eigenvalue weighted by atomic mass is 31.2. The Hall–Kier alpha value is -1.90. The number of phosphoric ester groups is 1. The van der Waals surface area contributed by atoms with E-state index in [1.165, 1.54) is 0 Å². The lowest BCUT2D eigenvalue weighted by Gasteiger charge is -2.30. The van der Waals surface area contributed by atoms with E-state index in [4.69, 9.17) is 18.3 Å². The Bertz CT molecular complexity index is 887. The van der Waals surface area contributed by atoms with Crippen LogP contribution in [0.15, 0.2) is 36.3 Å². The van der Waals surface area contributed by atoms with Gasteiger partial charge in [0, 0.05) is 12.6 Å². The Kier molecular flexibility index (Phi) is 5.68. The van der Waals surface area contributed by atoms with E-state index < -0.39 is 50.2 Å². The predicted octanol–water partition coefficient (Wildman–Crippen LogP) is 2.80. The fourth-order valence-electron chi connectivity index (χ4n) is 3.41. The number of hydrogen-bond acceptors (Lipinski definition) is 7. The zero-order valence-corrected chi connectivity index (χ0v) is 16.7. The Balaban J connectivity index is 1.33. The van der Waals surface area contributed by atoms with Crippen LogP contribution in [0.3, 0.4) is 0 Å². The van der Waals surface area contributed by atoms with Gasteiger partial charge in [0.2, 0.25) is 11.7 Å². The van der Waals surface area contributed by atoms with Crippen LogP contribution in [-0.2, 0) is 38.9 Å². The van der Waals surface area contributed by atoms with Crippen LogP contribution < -0.4 is 0 Å². The Morgan fingerprint density at radius 3 is 2.76 bits per heavy atom. The van der Waals surface area contributed by atoms with Crippen LogP contribution in [0.5, 0.6) is 0 Å². The minimum atomic E-state index is -3.76. The fourth-order valence-corrected chi connectivity index (χ4v) is 4.81. The minimum Gasteiger partial charge on any atom is -0.349 e. The number of Topliss-reactive ketones (excluding diaryl/α,β-unsaturated/α-hetero) is 1. The summed E-state index contributed by atoms with van der Waals surface area (Å²) >= 11 is 0. The zero-order valence-electron chi connectivity index (χ0n) is 15.8. The summed E-state index contributed by atoms with van der Waals surface area (Å²) in [5.41, 5.74) is 2.18. The summed E-state index contributed by atoms with van der Waals surface area (Å²) in [5, 5.41) is 0. The van der Waals surface area contributed by atoms with Gasteiger partial charge >= 0.3 is 7.82 Å². The number of aryl methyl sites for hydroxylation is 1. The van der Waals surface area contributed by atoms with Crippen molar-refractivity contribution in [2.45, 2.75) is 44.6 Å². The van der Waals surface area contributed by atoms with Crippen molar-refractivity contribution in [3.05, 3.63) is 47.4 Å². The number of nitrogens with zero attached hydrogens (tertiary/aromatic N) is 1. The van der Waals surface area contributed by atoms with E-state index in [1.807, 2.05) is 31.2 Å². The van der Waals surface area contributed by atoms with Gasteiger partial charge in [-0.25, -0.2) is 8.96 Å². The molecule has 0 bridgehead atoms. The quantitative estimate of drug-likeness (QED) is 0.529. The van der Waals surface area contributed by atoms with Crippen molar-refractivity contribution in [2.24, 2.45) is 0 Å². The maximum absolute atomic E-state index is 13.6. The number of allylic oxidation sites excluding steroid dienone is 1. The highest BCUT2D eigenvalue weighted by Gasteiger charge is 2.49. The first-order valence-corrected chi connectivity index (χ1v) is 10.8. The summed E-state index contributed by atoms with van der Waals surface area (Å²) in [6, 6.07) is 7.90. The molecule has 3 aliphatic heterocycles. The Morgan fingerprint density at radius 1 is 1.24 bits per heavy atom. The van der Waals surface area contributed by atoms with Crippen LogP contribution in [0.4, 0.5) is 4.39 Å². The molecule has 1 aromatic rings. The van der Waals surface area contributed by atoms with E-state index >= 15 is 0 Å². The summed E-state index contributed by atoms with van der Waals surface area (Å²) in [5.74, 6) is -2.41. The number of ketones is 1. The molecular weight excluding hydrogens is 404 g/mol. The van der Waals surface area contributed by atoms with Gasteiger partial charge in [0.25, 0.3) is 0 Å². The van der Waals surface area contributed by atoms with Crippen molar-refractivity contribution in [2.75, 3.05) is 13.2 Å². The molecule has 0 radical (unpaired) electrons. The van der Waals surface area contributed by atoms with Crippen LogP contribution in [0, 0.1) is 6.92 Å². The second-order valence-corrected chi connectivity index (χ2v) is 8.82. The lowest BCUT2D eigenvalue weighted by atomic mass is 10.1. The molecule has 2 fully saturated rings. The van der Waals surface area contributed by atoms with E-state index in [2.05, 4.69) is 0 Å². The van der Waals surface area contributed by atoms with E-state index in [1.54, 1.807) is 0 Å². The minimum absolute atomic E-state index is 0.0316. The molecule has 1 unspecified atom stereocenters. The number of hydrogen-bond donors (Lipinski definition) is 0. The molecule has 8 nitrogen and oxygen atoms in total. The molecule has 156 valence electrons. The second-order valence-electron chi connectivity index (χ2n) is 7.20. The molecule has 1 aromatic carbocycles. The molecule has 10 heteroatoms. The number of rotatable bonds is 5. The first-order chi connectivity index (χ1) is 13.8. The topological polar surface area (TPSA) is 91.4 Å². The monoisotopic (exact) mass is 425 g/mol. The van der Waals surface area contributed by atoms with E-state index in [9.17, 15) is 18.5 Å². The van der Waals surface area contributed by atoms with Crippen LogP contribution in [0.1, 0.15) is 24.0 Å². The third-order valence-corrected chi connectivity index (χ3v) is 6.52. The summed E-state index contributed by atoms with van der Waals surface area (Å²) in [4.78, 5) is 24.4. The maximum Gasteiger partial charge on any atom is 0.475 e. The van der Waals surface area contributed by atoms with Crippen molar-refractivity contribution >= 4 is 19.5 Å². The highest BCUT2D eigenvalue weighted by molar-refractivity contribution is 7.48. The smallest absolute Gasteiger partial charge is 0.349 e. The van der Waals surface area contributed by atoms with Crippen molar-refractivity contribution in [3.8, 4) is 0 Å². The van der Waals surface area contributed by atoms with Crippen LogP contribution >= 0.6 is 7.82 Å². The number of halogens is 1. The van der Waals surface area contributed by atoms with Gasteiger partial charge in [-0.3, -0.25) is 28.1 Å². The van der Waals surface area contributed by atoms with Crippen LogP contribution in [0.25, 0.3) is 0 Å². The largest absolute Gasteiger partial charge is 0.475 e. The zero-order chi connectivity index (χ0) is 20.6. The molecule has 0 saturated carbocycles. The number of amides is 1. The van der Waals surface area contributed by atoms with E-state index in [0.717, 1.165) is 22.2 Å². The standard InChI is InChI=1S/C19H21FNO7P/c1-12-2-4-13(5-3-12)6-7-25-29(24)26-11-17-16(28-29)9-19(27-17)21-10-14(20)15(22)8-18(21)23/h2-5,10,16-17,19H,6-9,11H2,1H3/t16-,17+,19+,29?/m0/s1.